The van der Waals surface area contributed by atoms with E-state index in [1.54, 1.807) is 12.1 Å². The molecule has 1 aromatic carbocycles. The van der Waals surface area contributed by atoms with E-state index < -0.39 is 0 Å². The average Bonchev–Trinajstić information content (AvgIpc) is 2.38. The van der Waals surface area contributed by atoms with Gasteiger partial charge in [0.15, 0.2) is 0 Å². The number of nitrogens with one attached hydrogen (secondary N) is 1. The SMILES string of the molecule is CC(C)C[C@H](c1c(F)cccc1Br)N1CCNCC1.Cl. The number of nitrogens with zero attached hydrogens (tertiary/aromatic N) is 1. The minimum absolute atomic E-state index is 0. The molecular formula is C15H23BrClFN2. The summed E-state index contributed by atoms with van der Waals surface area (Å²) in [5.41, 5.74) is 0.818. The number of rotatable bonds is 4. The summed E-state index contributed by atoms with van der Waals surface area (Å²) in [5, 5.41) is 3.36. The summed E-state index contributed by atoms with van der Waals surface area (Å²) in [6.45, 7) is 8.34. The van der Waals surface area contributed by atoms with Gasteiger partial charge in [-0.1, -0.05) is 35.8 Å². The lowest BCUT2D eigenvalue weighted by Crippen LogP contribution is -2.45. The molecule has 114 valence electrons. The maximum atomic E-state index is 14.2. The van der Waals surface area contributed by atoms with Gasteiger partial charge in [0.1, 0.15) is 5.82 Å². The van der Waals surface area contributed by atoms with Crippen molar-refractivity contribution >= 4 is 28.3 Å². The monoisotopic (exact) mass is 364 g/mol. The third-order valence-corrected chi connectivity index (χ3v) is 4.31. The van der Waals surface area contributed by atoms with Crippen molar-refractivity contribution in [2.45, 2.75) is 26.3 Å². The molecule has 1 fully saturated rings. The Morgan fingerprint density at radius 3 is 2.50 bits per heavy atom. The summed E-state index contributed by atoms with van der Waals surface area (Å²) in [7, 11) is 0. The molecule has 0 aromatic heterocycles. The molecule has 2 nitrogen and oxygen atoms in total. The van der Waals surface area contributed by atoms with Crippen LogP contribution in [-0.4, -0.2) is 31.1 Å². The van der Waals surface area contributed by atoms with Gasteiger partial charge in [-0.05, 0) is 24.5 Å². The van der Waals surface area contributed by atoms with Gasteiger partial charge in [-0.25, -0.2) is 4.39 Å². The van der Waals surface area contributed by atoms with Crippen molar-refractivity contribution in [1.82, 2.24) is 10.2 Å². The maximum absolute atomic E-state index is 14.2. The molecule has 1 aromatic rings. The molecule has 2 rings (SSSR count). The third-order valence-electron chi connectivity index (χ3n) is 3.62. The zero-order chi connectivity index (χ0) is 13.8. The second-order valence-corrected chi connectivity index (χ2v) is 6.42. The largest absolute Gasteiger partial charge is 0.314 e. The number of hydrogen-bond acceptors (Lipinski definition) is 2. The van der Waals surface area contributed by atoms with E-state index in [1.165, 1.54) is 0 Å². The van der Waals surface area contributed by atoms with Crippen LogP contribution in [0.2, 0.25) is 0 Å². The Balaban J connectivity index is 0.00000200. The van der Waals surface area contributed by atoms with E-state index in [9.17, 15) is 4.39 Å². The van der Waals surface area contributed by atoms with Crippen LogP contribution in [0.5, 0.6) is 0 Å². The van der Waals surface area contributed by atoms with E-state index in [4.69, 9.17) is 0 Å². The molecule has 0 aliphatic carbocycles. The number of piperazine rings is 1. The molecule has 0 radical (unpaired) electrons. The molecule has 0 bridgehead atoms. The molecule has 1 aliphatic heterocycles. The van der Waals surface area contributed by atoms with E-state index in [0.29, 0.717) is 5.92 Å². The van der Waals surface area contributed by atoms with Crippen molar-refractivity contribution in [2.24, 2.45) is 5.92 Å². The average molecular weight is 366 g/mol. The summed E-state index contributed by atoms with van der Waals surface area (Å²) in [6.07, 6.45) is 0.986. The Bertz CT molecular complexity index is 402. The van der Waals surface area contributed by atoms with Gasteiger partial charge in [-0.3, -0.25) is 4.90 Å². The molecule has 0 unspecified atom stereocenters. The molecule has 20 heavy (non-hydrogen) atoms. The van der Waals surface area contributed by atoms with Crippen molar-refractivity contribution in [3.63, 3.8) is 0 Å². The molecule has 1 saturated heterocycles. The van der Waals surface area contributed by atoms with Crippen LogP contribution in [0.25, 0.3) is 0 Å². The lowest BCUT2D eigenvalue weighted by atomic mass is 9.94. The van der Waals surface area contributed by atoms with Crippen LogP contribution in [0.4, 0.5) is 4.39 Å². The quantitative estimate of drug-likeness (QED) is 0.867. The topological polar surface area (TPSA) is 15.3 Å². The normalized spacial score (nSPS) is 17.9. The first-order valence-electron chi connectivity index (χ1n) is 6.98. The minimum Gasteiger partial charge on any atom is -0.314 e. The van der Waals surface area contributed by atoms with Crippen molar-refractivity contribution in [2.75, 3.05) is 26.2 Å². The molecule has 0 spiro atoms. The second kappa shape index (κ2) is 8.32. The number of benzene rings is 1. The fourth-order valence-electron chi connectivity index (χ4n) is 2.72. The molecule has 5 heteroatoms. The number of halogens is 3. The van der Waals surface area contributed by atoms with Crippen molar-refractivity contribution in [3.8, 4) is 0 Å². The van der Waals surface area contributed by atoms with Gasteiger partial charge in [0.2, 0.25) is 0 Å². The maximum Gasteiger partial charge on any atom is 0.129 e. The van der Waals surface area contributed by atoms with Crippen LogP contribution in [0.15, 0.2) is 22.7 Å². The molecule has 1 atom stereocenters. The summed E-state index contributed by atoms with van der Waals surface area (Å²) >= 11 is 3.52. The Kier molecular flexibility index (Phi) is 7.45. The fourth-order valence-corrected chi connectivity index (χ4v) is 3.33. The van der Waals surface area contributed by atoms with Gasteiger partial charge in [0.05, 0.1) is 0 Å². The molecule has 1 N–H and O–H groups in total. The summed E-state index contributed by atoms with van der Waals surface area (Å²) in [6, 6.07) is 5.43. The Morgan fingerprint density at radius 2 is 1.95 bits per heavy atom. The molecule has 1 aliphatic rings. The van der Waals surface area contributed by atoms with Gasteiger partial charge in [0.25, 0.3) is 0 Å². The van der Waals surface area contributed by atoms with Crippen LogP contribution in [0.1, 0.15) is 31.9 Å². The Labute approximate surface area is 135 Å². The highest BCUT2D eigenvalue weighted by atomic mass is 79.9. The van der Waals surface area contributed by atoms with E-state index in [-0.39, 0.29) is 24.3 Å². The van der Waals surface area contributed by atoms with Crippen LogP contribution in [0, 0.1) is 11.7 Å². The smallest absolute Gasteiger partial charge is 0.129 e. The van der Waals surface area contributed by atoms with E-state index in [1.807, 2.05) is 6.07 Å². The van der Waals surface area contributed by atoms with Gasteiger partial charge in [-0.15, -0.1) is 12.4 Å². The van der Waals surface area contributed by atoms with E-state index in [2.05, 4.69) is 40.0 Å². The fraction of sp³-hybridized carbons (Fsp3) is 0.600. The zero-order valence-corrected chi connectivity index (χ0v) is 14.4. The third kappa shape index (κ3) is 4.42. The predicted molar refractivity (Wildman–Crippen MR) is 88.0 cm³/mol. The van der Waals surface area contributed by atoms with Crippen molar-refractivity contribution < 1.29 is 4.39 Å². The Hall–Kier alpha value is -0.160. The summed E-state index contributed by atoms with van der Waals surface area (Å²) in [4.78, 5) is 2.40. The first-order valence-corrected chi connectivity index (χ1v) is 7.77. The van der Waals surface area contributed by atoms with E-state index >= 15 is 0 Å². The lowest BCUT2D eigenvalue weighted by Gasteiger charge is -2.36. The van der Waals surface area contributed by atoms with Gasteiger partial charge in [-0.2, -0.15) is 0 Å². The Morgan fingerprint density at radius 1 is 1.30 bits per heavy atom. The first kappa shape index (κ1) is 17.9. The van der Waals surface area contributed by atoms with Gasteiger partial charge >= 0.3 is 0 Å². The highest BCUT2D eigenvalue weighted by Crippen LogP contribution is 2.34. The second-order valence-electron chi connectivity index (χ2n) is 5.57. The molecular weight excluding hydrogens is 343 g/mol. The lowest BCUT2D eigenvalue weighted by molar-refractivity contribution is 0.150. The van der Waals surface area contributed by atoms with Crippen LogP contribution < -0.4 is 5.32 Å². The highest BCUT2D eigenvalue weighted by Gasteiger charge is 2.26. The molecule has 1 heterocycles. The van der Waals surface area contributed by atoms with Crippen molar-refractivity contribution in [3.05, 3.63) is 34.1 Å². The first-order chi connectivity index (χ1) is 9.09. The predicted octanol–water partition coefficient (Wildman–Crippen LogP) is 4.00. The van der Waals surface area contributed by atoms with Crippen LogP contribution in [-0.2, 0) is 0 Å². The van der Waals surface area contributed by atoms with Gasteiger partial charge in [0, 0.05) is 42.3 Å². The van der Waals surface area contributed by atoms with Crippen LogP contribution in [0.3, 0.4) is 0 Å². The van der Waals surface area contributed by atoms with Crippen molar-refractivity contribution in [1.29, 1.82) is 0 Å². The highest BCUT2D eigenvalue weighted by molar-refractivity contribution is 9.10. The number of hydrogen-bond donors (Lipinski definition) is 1. The molecule has 0 saturated carbocycles. The van der Waals surface area contributed by atoms with E-state index in [0.717, 1.165) is 42.6 Å². The minimum atomic E-state index is -0.0986. The van der Waals surface area contributed by atoms with Crippen LogP contribution >= 0.6 is 28.3 Å². The summed E-state index contributed by atoms with van der Waals surface area (Å²) in [5.74, 6) is 0.449. The van der Waals surface area contributed by atoms with Gasteiger partial charge < -0.3 is 5.32 Å². The standard InChI is InChI=1S/C15H22BrFN2.ClH/c1-11(2)10-14(19-8-6-18-7-9-19)15-12(16)4-3-5-13(15)17;/h3-5,11,14,18H,6-10H2,1-2H3;1H/t14-;/m1./s1. The summed E-state index contributed by atoms with van der Waals surface area (Å²) < 4.78 is 15.1. The zero-order valence-electron chi connectivity index (χ0n) is 12.0. The molecule has 0 amide bonds.